The number of benzene rings is 1. The van der Waals surface area contributed by atoms with E-state index in [9.17, 15) is 4.79 Å². The summed E-state index contributed by atoms with van der Waals surface area (Å²) in [5.41, 5.74) is 1.87. The van der Waals surface area contributed by atoms with Crippen molar-refractivity contribution in [1.29, 1.82) is 0 Å². The fourth-order valence-electron chi connectivity index (χ4n) is 3.61. The first-order valence-corrected chi connectivity index (χ1v) is 9.63. The Labute approximate surface area is 169 Å². The zero-order valence-electron chi connectivity index (χ0n) is 16.9. The van der Waals surface area contributed by atoms with Crippen LogP contribution in [-0.2, 0) is 6.54 Å². The minimum Gasteiger partial charge on any atom is -0.497 e. The predicted molar refractivity (Wildman–Crippen MR) is 113 cm³/mol. The smallest absolute Gasteiger partial charge is 0.335 e. The fraction of sp³-hybridized carbons (Fsp3) is 0.381. The molecular weight excluding hydrogens is 368 g/mol. The van der Waals surface area contributed by atoms with Gasteiger partial charge < -0.3 is 15.0 Å². The molecule has 0 amide bonds. The van der Waals surface area contributed by atoms with Crippen molar-refractivity contribution in [3.8, 4) is 23.3 Å². The molecule has 0 spiro atoms. The molecule has 1 aliphatic heterocycles. The Morgan fingerprint density at radius 2 is 1.90 bits per heavy atom. The second-order valence-electron chi connectivity index (χ2n) is 6.83. The van der Waals surface area contributed by atoms with Crippen molar-refractivity contribution >= 4 is 17.0 Å². The number of hydrogen-bond donors (Lipinski definition) is 1. The number of piperazine rings is 1. The number of rotatable bonds is 4. The highest BCUT2D eigenvalue weighted by molar-refractivity contribution is 5.86. The normalized spacial score (nSPS) is 14.0. The Kier molecular flexibility index (Phi) is 5.23. The number of hydrogen-bond acceptors (Lipinski definition) is 6. The number of nitrogens with zero attached hydrogens (tertiary/aromatic N) is 5. The molecule has 0 aliphatic carbocycles. The van der Waals surface area contributed by atoms with Crippen molar-refractivity contribution in [1.82, 2.24) is 24.4 Å². The first kappa shape index (κ1) is 19.0. The van der Waals surface area contributed by atoms with Gasteiger partial charge in [-0.3, -0.25) is 4.57 Å². The molecule has 2 aromatic heterocycles. The van der Waals surface area contributed by atoms with Gasteiger partial charge in [-0.2, -0.15) is 0 Å². The van der Waals surface area contributed by atoms with Crippen LogP contribution in [0.3, 0.4) is 0 Å². The van der Waals surface area contributed by atoms with Crippen LogP contribution < -0.4 is 20.6 Å². The Hall–Kier alpha value is -3.31. The van der Waals surface area contributed by atoms with E-state index in [-0.39, 0.29) is 5.69 Å². The van der Waals surface area contributed by atoms with E-state index in [0.29, 0.717) is 18.0 Å². The number of imidazole rings is 1. The fourth-order valence-corrected chi connectivity index (χ4v) is 3.61. The van der Waals surface area contributed by atoms with Gasteiger partial charge in [0.25, 0.3) is 0 Å². The van der Waals surface area contributed by atoms with E-state index in [1.807, 2.05) is 31.2 Å². The minimum absolute atomic E-state index is 0.177. The third-order valence-corrected chi connectivity index (χ3v) is 5.02. The standard InChI is InChI=1S/C21H24N6O2/c1-4-5-12-26-18-19(25-13-10-22-11-14-25)23-15(2)24-20(18)27(21(26)28)16-6-8-17(29-3)9-7-16/h6-9,22H,10-14H2,1-3H3. The highest BCUT2D eigenvalue weighted by Gasteiger charge is 2.24. The number of anilines is 1. The summed E-state index contributed by atoms with van der Waals surface area (Å²) >= 11 is 0. The van der Waals surface area contributed by atoms with Crippen LogP contribution in [0, 0.1) is 18.8 Å². The molecule has 8 nitrogen and oxygen atoms in total. The molecule has 3 aromatic rings. The largest absolute Gasteiger partial charge is 0.497 e. The summed E-state index contributed by atoms with van der Waals surface area (Å²) in [6.07, 6.45) is 0. The van der Waals surface area contributed by atoms with Crippen LogP contribution in [0.15, 0.2) is 29.1 Å². The van der Waals surface area contributed by atoms with Crippen LogP contribution in [-0.4, -0.2) is 52.4 Å². The summed E-state index contributed by atoms with van der Waals surface area (Å²) in [5.74, 6) is 8.05. The number of ether oxygens (including phenoxy) is 1. The molecule has 1 saturated heterocycles. The summed E-state index contributed by atoms with van der Waals surface area (Å²) in [7, 11) is 1.62. The van der Waals surface area contributed by atoms with Gasteiger partial charge in [0.1, 0.15) is 17.1 Å². The van der Waals surface area contributed by atoms with E-state index in [4.69, 9.17) is 9.72 Å². The van der Waals surface area contributed by atoms with Crippen molar-refractivity contribution in [2.75, 3.05) is 38.2 Å². The Bertz CT molecular complexity index is 1140. The van der Waals surface area contributed by atoms with E-state index < -0.39 is 0 Å². The Morgan fingerprint density at radius 1 is 1.17 bits per heavy atom. The van der Waals surface area contributed by atoms with Crippen molar-refractivity contribution in [3.63, 3.8) is 0 Å². The summed E-state index contributed by atoms with van der Waals surface area (Å²) in [6, 6.07) is 7.39. The quantitative estimate of drug-likeness (QED) is 0.675. The molecule has 0 atom stereocenters. The van der Waals surface area contributed by atoms with E-state index >= 15 is 0 Å². The molecule has 1 N–H and O–H groups in total. The van der Waals surface area contributed by atoms with Gasteiger partial charge in [-0.15, -0.1) is 5.92 Å². The zero-order valence-corrected chi connectivity index (χ0v) is 16.9. The predicted octanol–water partition coefficient (Wildman–Crippen LogP) is 1.33. The number of aryl methyl sites for hydroxylation is 1. The molecule has 1 aliphatic rings. The van der Waals surface area contributed by atoms with E-state index in [2.05, 4.69) is 27.0 Å². The molecule has 29 heavy (non-hydrogen) atoms. The van der Waals surface area contributed by atoms with Crippen molar-refractivity contribution in [2.45, 2.75) is 20.4 Å². The van der Waals surface area contributed by atoms with Gasteiger partial charge in [0, 0.05) is 26.2 Å². The maximum Gasteiger partial charge on any atom is 0.335 e. The average Bonchev–Trinajstić information content (AvgIpc) is 3.03. The minimum atomic E-state index is -0.177. The second-order valence-corrected chi connectivity index (χ2v) is 6.83. The summed E-state index contributed by atoms with van der Waals surface area (Å²) < 4.78 is 8.55. The third-order valence-electron chi connectivity index (χ3n) is 5.02. The lowest BCUT2D eigenvalue weighted by Crippen LogP contribution is -2.44. The summed E-state index contributed by atoms with van der Waals surface area (Å²) in [4.78, 5) is 25.0. The van der Waals surface area contributed by atoms with Gasteiger partial charge in [0.2, 0.25) is 0 Å². The third kappa shape index (κ3) is 3.45. The average molecular weight is 392 g/mol. The molecular formula is C21H24N6O2. The van der Waals surface area contributed by atoms with E-state index in [1.165, 1.54) is 0 Å². The SMILES string of the molecule is CC#CCn1c(=O)n(-c2ccc(OC)cc2)c2nc(C)nc(N3CCNCC3)c21. The van der Waals surface area contributed by atoms with Gasteiger partial charge >= 0.3 is 5.69 Å². The molecule has 3 heterocycles. The maximum atomic E-state index is 13.4. The van der Waals surface area contributed by atoms with Gasteiger partial charge in [-0.25, -0.2) is 19.3 Å². The summed E-state index contributed by atoms with van der Waals surface area (Å²) in [5, 5.41) is 3.36. The Balaban J connectivity index is 2.00. The van der Waals surface area contributed by atoms with Crippen LogP contribution >= 0.6 is 0 Å². The number of aromatic nitrogens is 4. The first-order valence-electron chi connectivity index (χ1n) is 9.63. The molecule has 0 radical (unpaired) electrons. The number of nitrogens with one attached hydrogen (secondary N) is 1. The van der Waals surface area contributed by atoms with Gasteiger partial charge in [0.05, 0.1) is 19.3 Å². The van der Waals surface area contributed by atoms with Crippen molar-refractivity contribution in [3.05, 3.63) is 40.6 Å². The maximum absolute atomic E-state index is 13.4. The van der Waals surface area contributed by atoms with Gasteiger partial charge in [-0.05, 0) is 38.1 Å². The molecule has 0 saturated carbocycles. The van der Waals surface area contributed by atoms with Crippen LogP contribution in [0.25, 0.3) is 16.9 Å². The van der Waals surface area contributed by atoms with Crippen molar-refractivity contribution in [2.24, 2.45) is 0 Å². The van der Waals surface area contributed by atoms with Crippen molar-refractivity contribution < 1.29 is 4.74 Å². The second kappa shape index (κ2) is 7.97. The lowest BCUT2D eigenvalue weighted by Gasteiger charge is -2.29. The highest BCUT2D eigenvalue weighted by Crippen LogP contribution is 2.26. The zero-order chi connectivity index (χ0) is 20.4. The van der Waals surface area contributed by atoms with E-state index in [1.54, 1.807) is 23.2 Å². The Morgan fingerprint density at radius 3 is 2.55 bits per heavy atom. The van der Waals surface area contributed by atoms with Crippen LogP contribution in [0.4, 0.5) is 5.82 Å². The monoisotopic (exact) mass is 392 g/mol. The lowest BCUT2D eigenvalue weighted by atomic mass is 10.3. The summed E-state index contributed by atoms with van der Waals surface area (Å²) in [6.45, 7) is 7.33. The molecule has 1 fully saturated rings. The van der Waals surface area contributed by atoms with Crippen LogP contribution in [0.1, 0.15) is 12.7 Å². The lowest BCUT2D eigenvalue weighted by molar-refractivity contribution is 0.414. The van der Waals surface area contributed by atoms with Gasteiger partial charge in [0.15, 0.2) is 11.5 Å². The molecule has 1 aromatic carbocycles. The molecule has 4 rings (SSSR count). The molecule has 150 valence electrons. The molecule has 8 heteroatoms. The van der Waals surface area contributed by atoms with Crippen LogP contribution in [0.5, 0.6) is 5.75 Å². The highest BCUT2D eigenvalue weighted by atomic mass is 16.5. The molecule has 0 bridgehead atoms. The number of methoxy groups -OCH3 is 1. The number of fused-ring (bicyclic) bond motifs is 1. The van der Waals surface area contributed by atoms with E-state index in [0.717, 1.165) is 49.0 Å². The molecule has 0 unspecified atom stereocenters. The first-order chi connectivity index (χ1) is 14.1. The van der Waals surface area contributed by atoms with Crippen LogP contribution in [0.2, 0.25) is 0 Å². The topological polar surface area (TPSA) is 77.2 Å². The van der Waals surface area contributed by atoms with Gasteiger partial charge in [-0.1, -0.05) is 5.92 Å².